The number of hydrogen-bond acceptors (Lipinski definition) is 4. The molecular weight excluding hydrogens is 483 g/mol. The Balaban J connectivity index is 4.62. The molecule has 0 aromatic carbocycles. The third kappa shape index (κ3) is 15.5. The van der Waals surface area contributed by atoms with Gasteiger partial charge in [0.15, 0.2) is 0 Å². The molecule has 0 aromatic heterocycles. The molecule has 0 aliphatic rings. The van der Waals surface area contributed by atoms with Crippen molar-refractivity contribution in [3.8, 4) is 0 Å². The SMILES string of the molecule is CCCCC[O][Hf]([O]CCCCC)([O]CCCCC)[O]CCCCC. The van der Waals surface area contributed by atoms with E-state index in [1.807, 2.05) is 0 Å². The van der Waals surface area contributed by atoms with Gasteiger partial charge in [0.2, 0.25) is 0 Å². The fourth-order valence-corrected chi connectivity index (χ4v) is 9.91. The quantitative estimate of drug-likeness (QED) is 0.132. The van der Waals surface area contributed by atoms with Crippen molar-refractivity contribution in [1.82, 2.24) is 0 Å². The fourth-order valence-electron chi connectivity index (χ4n) is 2.45. The molecular formula is C20H44HfO4. The molecule has 0 saturated heterocycles. The van der Waals surface area contributed by atoms with E-state index in [0.717, 1.165) is 25.7 Å². The maximum atomic E-state index is 6.23. The summed E-state index contributed by atoms with van der Waals surface area (Å²) in [7, 11) is 0. The van der Waals surface area contributed by atoms with Gasteiger partial charge in [-0.15, -0.1) is 0 Å². The minimum atomic E-state index is -4.01. The number of rotatable bonds is 20. The molecule has 0 spiro atoms. The molecule has 0 aromatic rings. The molecule has 0 bridgehead atoms. The monoisotopic (exact) mass is 528 g/mol. The van der Waals surface area contributed by atoms with Crippen molar-refractivity contribution < 1.29 is 33.1 Å². The van der Waals surface area contributed by atoms with Crippen molar-refractivity contribution in [3.63, 3.8) is 0 Å². The van der Waals surface area contributed by atoms with Crippen LogP contribution in [0.15, 0.2) is 0 Å². The van der Waals surface area contributed by atoms with Crippen molar-refractivity contribution in [2.24, 2.45) is 0 Å². The normalized spacial score (nSPS) is 12.0. The van der Waals surface area contributed by atoms with E-state index in [2.05, 4.69) is 27.7 Å². The molecule has 4 nitrogen and oxygen atoms in total. The number of unbranched alkanes of at least 4 members (excludes halogenated alkanes) is 8. The van der Waals surface area contributed by atoms with Crippen molar-refractivity contribution in [2.75, 3.05) is 26.4 Å². The van der Waals surface area contributed by atoms with Gasteiger partial charge in [-0.3, -0.25) is 0 Å². The van der Waals surface area contributed by atoms with Gasteiger partial charge in [-0.25, -0.2) is 0 Å². The summed E-state index contributed by atoms with van der Waals surface area (Å²) in [6, 6.07) is 0. The average molecular weight is 527 g/mol. The van der Waals surface area contributed by atoms with Crippen LogP contribution in [0, 0.1) is 0 Å². The zero-order valence-electron chi connectivity index (χ0n) is 17.4. The van der Waals surface area contributed by atoms with Crippen LogP contribution in [0.2, 0.25) is 0 Å². The Morgan fingerprint density at radius 2 is 0.640 bits per heavy atom. The van der Waals surface area contributed by atoms with Crippen LogP contribution in [-0.2, 0) is 33.1 Å². The Morgan fingerprint density at radius 3 is 0.840 bits per heavy atom. The van der Waals surface area contributed by atoms with Crippen LogP contribution in [0.4, 0.5) is 0 Å². The Hall–Kier alpha value is 0.710. The van der Waals surface area contributed by atoms with Crippen molar-refractivity contribution in [3.05, 3.63) is 0 Å². The van der Waals surface area contributed by atoms with E-state index in [1.165, 1.54) is 51.4 Å². The molecule has 0 aliphatic heterocycles. The van der Waals surface area contributed by atoms with E-state index in [9.17, 15) is 0 Å². The van der Waals surface area contributed by atoms with Crippen molar-refractivity contribution in [1.29, 1.82) is 0 Å². The van der Waals surface area contributed by atoms with E-state index in [4.69, 9.17) is 11.4 Å². The van der Waals surface area contributed by atoms with E-state index in [-0.39, 0.29) is 0 Å². The summed E-state index contributed by atoms with van der Waals surface area (Å²) < 4.78 is 24.9. The van der Waals surface area contributed by atoms with Crippen LogP contribution in [0.25, 0.3) is 0 Å². The van der Waals surface area contributed by atoms with Crippen LogP contribution < -0.4 is 0 Å². The van der Waals surface area contributed by atoms with Crippen LogP contribution in [0.5, 0.6) is 0 Å². The van der Waals surface area contributed by atoms with Crippen LogP contribution in [0.3, 0.4) is 0 Å². The third-order valence-electron chi connectivity index (χ3n) is 4.11. The predicted octanol–water partition coefficient (Wildman–Crippen LogP) is 6.63. The second kappa shape index (κ2) is 19.5. The van der Waals surface area contributed by atoms with Crippen LogP contribution in [0.1, 0.15) is 105 Å². The van der Waals surface area contributed by atoms with Gasteiger partial charge < -0.3 is 0 Å². The van der Waals surface area contributed by atoms with E-state index >= 15 is 0 Å². The third-order valence-corrected chi connectivity index (χ3v) is 12.1. The maximum absolute atomic E-state index is 6.23. The predicted molar refractivity (Wildman–Crippen MR) is 102 cm³/mol. The summed E-state index contributed by atoms with van der Waals surface area (Å²) in [5.41, 5.74) is 0. The first-order chi connectivity index (χ1) is 12.2. The second-order valence-electron chi connectivity index (χ2n) is 6.72. The summed E-state index contributed by atoms with van der Waals surface area (Å²) in [4.78, 5) is 0. The molecule has 0 atom stereocenters. The zero-order valence-corrected chi connectivity index (χ0v) is 21.0. The Morgan fingerprint density at radius 1 is 0.400 bits per heavy atom. The molecule has 0 aliphatic carbocycles. The molecule has 0 unspecified atom stereocenters. The molecule has 0 N–H and O–H groups in total. The second-order valence-corrected chi connectivity index (χ2v) is 14.5. The van der Waals surface area contributed by atoms with Gasteiger partial charge in [0.25, 0.3) is 0 Å². The summed E-state index contributed by atoms with van der Waals surface area (Å²) in [5.74, 6) is 0. The zero-order chi connectivity index (χ0) is 18.6. The van der Waals surface area contributed by atoms with Crippen LogP contribution in [-0.4, -0.2) is 26.4 Å². The van der Waals surface area contributed by atoms with Gasteiger partial charge in [-0.05, 0) is 0 Å². The molecule has 0 radical (unpaired) electrons. The fraction of sp³-hybridized carbons (Fsp3) is 1.00. The van der Waals surface area contributed by atoms with Gasteiger partial charge >= 0.3 is 164 Å². The molecule has 0 rings (SSSR count). The Bertz CT molecular complexity index is 211. The minimum absolute atomic E-state index is 0.713. The molecule has 152 valence electrons. The van der Waals surface area contributed by atoms with E-state index in [1.54, 1.807) is 0 Å². The summed E-state index contributed by atoms with van der Waals surface area (Å²) >= 11 is -4.01. The van der Waals surface area contributed by atoms with E-state index in [0.29, 0.717) is 26.4 Å². The topological polar surface area (TPSA) is 36.9 Å². The van der Waals surface area contributed by atoms with E-state index < -0.39 is 21.7 Å². The summed E-state index contributed by atoms with van der Waals surface area (Å²) in [6.07, 6.45) is 13.8. The van der Waals surface area contributed by atoms with Gasteiger partial charge in [-0.2, -0.15) is 0 Å². The Labute approximate surface area is 164 Å². The van der Waals surface area contributed by atoms with Gasteiger partial charge in [0.05, 0.1) is 0 Å². The first kappa shape index (κ1) is 25.7. The average Bonchev–Trinajstić information content (AvgIpc) is 2.63. The molecule has 25 heavy (non-hydrogen) atoms. The first-order valence-corrected chi connectivity index (χ1v) is 16.7. The van der Waals surface area contributed by atoms with Crippen molar-refractivity contribution >= 4 is 0 Å². The van der Waals surface area contributed by atoms with Gasteiger partial charge in [0.1, 0.15) is 0 Å². The summed E-state index contributed by atoms with van der Waals surface area (Å²) in [6.45, 7) is 11.7. The summed E-state index contributed by atoms with van der Waals surface area (Å²) in [5, 5.41) is 0. The Kier molecular flexibility index (Phi) is 20.0. The molecule has 0 fully saturated rings. The molecule has 0 saturated carbocycles. The van der Waals surface area contributed by atoms with Gasteiger partial charge in [0, 0.05) is 0 Å². The van der Waals surface area contributed by atoms with Crippen molar-refractivity contribution in [2.45, 2.75) is 105 Å². The standard InChI is InChI=1S/4C5H11O.Hf/c4*1-2-3-4-5-6;/h4*2-5H2,1H3;/q4*-1;+4. The van der Waals surface area contributed by atoms with Gasteiger partial charge in [-0.1, -0.05) is 0 Å². The molecule has 5 heteroatoms. The van der Waals surface area contributed by atoms with Crippen LogP contribution >= 0.6 is 0 Å². The molecule has 0 amide bonds. The molecule has 0 heterocycles. The first-order valence-electron chi connectivity index (χ1n) is 10.8. The number of hydrogen-bond donors (Lipinski definition) is 0.